The zero-order valence-electron chi connectivity index (χ0n) is 16.9. The van der Waals surface area contributed by atoms with Gasteiger partial charge >= 0.3 is 0 Å². The van der Waals surface area contributed by atoms with E-state index < -0.39 is 0 Å². The molecule has 0 fully saturated rings. The molecular formula is C21H20N4O4S. The second kappa shape index (κ2) is 8.42. The van der Waals surface area contributed by atoms with Crippen molar-refractivity contribution in [3.63, 3.8) is 0 Å². The molecular weight excluding hydrogens is 404 g/mol. The van der Waals surface area contributed by atoms with Gasteiger partial charge in [0.2, 0.25) is 10.7 Å². The van der Waals surface area contributed by atoms with Crippen molar-refractivity contribution in [2.45, 2.75) is 0 Å². The van der Waals surface area contributed by atoms with E-state index in [9.17, 15) is 0 Å². The van der Waals surface area contributed by atoms with Crippen molar-refractivity contribution in [1.82, 2.24) is 19.8 Å². The largest absolute Gasteiger partial charge is 0.496 e. The number of hydrogen-bond acceptors (Lipinski definition) is 8. The molecule has 9 heteroatoms. The molecule has 0 unspecified atom stereocenters. The zero-order chi connectivity index (χ0) is 21.1. The molecule has 0 N–H and O–H groups in total. The van der Waals surface area contributed by atoms with Crippen molar-refractivity contribution >= 4 is 28.4 Å². The van der Waals surface area contributed by atoms with Crippen LogP contribution in [0.3, 0.4) is 0 Å². The summed E-state index contributed by atoms with van der Waals surface area (Å²) in [6, 6.07) is 11.4. The molecule has 4 aromatic rings. The number of benzene rings is 2. The third-order valence-corrected chi connectivity index (χ3v) is 5.34. The minimum absolute atomic E-state index is 0.517. The lowest BCUT2D eigenvalue weighted by atomic mass is 10.1. The second-order valence-corrected chi connectivity index (χ2v) is 7.14. The van der Waals surface area contributed by atoms with E-state index in [0.717, 1.165) is 21.9 Å². The van der Waals surface area contributed by atoms with Gasteiger partial charge in [0, 0.05) is 11.1 Å². The Morgan fingerprint density at radius 2 is 1.53 bits per heavy atom. The number of hydrogen-bond donors (Lipinski definition) is 0. The van der Waals surface area contributed by atoms with Crippen molar-refractivity contribution in [1.29, 1.82) is 0 Å². The molecule has 0 saturated carbocycles. The van der Waals surface area contributed by atoms with Crippen molar-refractivity contribution in [2.24, 2.45) is 0 Å². The van der Waals surface area contributed by atoms with Crippen LogP contribution in [0, 0.1) is 0 Å². The van der Waals surface area contributed by atoms with E-state index in [0.29, 0.717) is 28.0 Å². The molecule has 0 atom stereocenters. The summed E-state index contributed by atoms with van der Waals surface area (Å²) in [5.41, 5.74) is 1.72. The highest BCUT2D eigenvalue weighted by atomic mass is 32.1. The molecule has 0 radical (unpaired) electrons. The van der Waals surface area contributed by atoms with Gasteiger partial charge in [-0.05, 0) is 30.4 Å². The summed E-state index contributed by atoms with van der Waals surface area (Å²) >= 11 is 1.44. The molecule has 0 spiro atoms. The number of para-hydroxylation sites is 1. The topological polar surface area (TPSA) is 80.0 Å². The summed E-state index contributed by atoms with van der Waals surface area (Å²) in [7, 11) is 6.36. The van der Waals surface area contributed by atoms with Gasteiger partial charge in [0.25, 0.3) is 0 Å². The van der Waals surface area contributed by atoms with Gasteiger partial charge in [-0.1, -0.05) is 29.5 Å². The summed E-state index contributed by atoms with van der Waals surface area (Å²) in [5, 5.41) is 14.0. The molecule has 2 aromatic heterocycles. The third kappa shape index (κ3) is 3.55. The van der Waals surface area contributed by atoms with Gasteiger partial charge in [-0.25, -0.2) is 0 Å². The number of methoxy groups -OCH3 is 4. The molecule has 4 rings (SSSR count). The summed E-state index contributed by atoms with van der Waals surface area (Å²) in [6.07, 6.45) is 3.89. The maximum Gasteiger partial charge on any atom is 0.235 e. The van der Waals surface area contributed by atoms with E-state index in [1.165, 1.54) is 11.3 Å². The Labute approximate surface area is 177 Å². The molecule has 2 aromatic carbocycles. The second-order valence-electron chi connectivity index (χ2n) is 6.15. The molecule has 30 heavy (non-hydrogen) atoms. The van der Waals surface area contributed by atoms with Crippen LogP contribution in [0.2, 0.25) is 0 Å². The van der Waals surface area contributed by atoms with Crippen LogP contribution in [-0.2, 0) is 0 Å². The first kappa shape index (κ1) is 19.7. The van der Waals surface area contributed by atoms with Crippen LogP contribution in [0.5, 0.6) is 23.0 Å². The van der Waals surface area contributed by atoms with Gasteiger partial charge in [0.15, 0.2) is 17.3 Å². The Morgan fingerprint density at radius 3 is 2.20 bits per heavy atom. The Balaban J connectivity index is 1.73. The normalized spacial score (nSPS) is 11.2. The Kier molecular flexibility index (Phi) is 5.53. The van der Waals surface area contributed by atoms with E-state index in [1.54, 1.807) is 33.0 Å². The van der Waals surface area contributed by atoms with Gasteiger partial charge < -0.3 is 18.9 Å². The molecule has 0 aliphatic rings. The lowest BCUT2D eigenvalue weighted by Crippen LogP contribution is -1.97. The number of fused-ring (bicyclic) bond motifs is 1. The molecule has 0 bridgehead atoms. The SMILES string of the molecule is COc1ccccc1/C=C/c1nn2c(-c3cc(OC)c(OC)c(OC)c3)nnc2s1. The molecule has 0 aliphatic heterocycles. The third-order valence-electron chi connectivity index (χ3n) is 4.47. The average molecular weight is 424 g/mol. The Bertz CT molecular complexity index is 1190. The Hall–Kier alpha value is -3.59. The highest BCUT2D eigenvalue weighted by Gasteiger charge is 2.19. The fraction of sp³-hybridized carbons (Fsp3) is 0.190. The Morgan fingerprint density at radius 1 is 0.833 bits per heavy atom. The molecule has 2 heterocycles. The predicted molar refractivity (Wildman–Crippen MR) is 116 cm³/mol. The van der Waals surface area contributed by atoms with Crippen molar-refractivity contribution in [3.8, 4) is 34.4 Å². The first-order valence-electron chi connectivity index (χ1n) is 9.02. The lowest BCUT2D eigenvalue weighted by molar-refractivity contribution is 0.324. The number of ether oxygens (including phenoxy) is 4. The zero-order valence-corrected chi connectivity index (χ0v) is 17.8. The molecule has 154 valence electrons. The van der Waals surface area contributed by atoms with E-state index >= 15 is 0 Å². The predicted octanol–water partition coefficient (Wildman–Crippen LogP) is 4.06. The van der Waals surface area contributed by atoms with E-state index in [1.807, 2.05) is 48.6 Å². The highest BCUT2D eigenvalue weighted by Crippen LogP contribution is 2.41. The van der Waals surface area contributed by atoms with Crippen LogP contribution in [-0.4, -0.2) is 48.3 Å². The van der Waals surface area contributed by atoms with Crippen LogP contribution < -0.4 is 18.9 Å². The van der Waals surface area contributed by atoms with Gasteiger partial charge in [-0.3, -0.25) is 0 Å². The smallest absolute Gasteiger partial charge is 0.235 e. The average Bonchev–Trinajstić information content (AvgIpc) is 3.37. The van der Waals surface area contributed by atoms with Gasteiger partial charge in [0.1, 0.15) is 10.8 Å². The van der Waals surface area contributed by atoms with Crippen LogP contribution in [0.1, 0.15) is 10.6 Å². The van der Waals surface area contributed by atoms with Crippen molar-refractivity contribution in [3.05, 3.63) is 47.0 Å². The van der Waals surface area contributed by atoms with Gasteiger partial charge in [0.05, 0.1) is 28.4 Å². The number of rotatable bonds is 7. The lowest BCUT2D eigenvalue weighted by Gasteiger charge is -2.13. The van der Waals surface area contributed by atoms with Crippen molar-refractivity contribution in [2.75, 3.05) is 28.4 Å². The molecule has 8 nitrogen and oxygen atoms in total. The maximum absolute atomic E-state index is 5.44. The summed E-state index contributed by atoms with van der Waals surface area (Å²) < 4.78 is 23.4. The molecule has 0 amide bonds. The van der Waals surface area contributed by atoms with Crippen LogP contribution >= 0.6 is 11.3 Å². The highest BCUT2D eigenvalue weighted by molar-refractivity contribution is 7.17. The summed E-state index contributed by atoms with van der Waals surface area (Å²) in [4.78, 5) is 0.679. The van der Waals surface area contributed by atoms with Crippen molar-refractivity contribution < 1.29 is 18.9 Å². The minimum Gasteiger partial charge on any atom is -0.496 e. The standard InChI is InChI=1S/C21H20N4O4S/c1-26-15-8-6-5-7-13(15)9-10-18-24-25-20(22-23-21(25)30-18)14-11-16(27-2)19(29-4)17(12-14)28-3/h5-12H,1-4H3/b10-9+. The summed E-state index contributed by atoms with van der Waals surface area (Å²) in [6.45, 7) is 0. The summed E-state index contributed by atoms with van der Waals surface area (Å²) in [5.74, 6) is 2.97. The molecule has 0 aliphatic carbocycles. The van der Waals surface area contributed by atoms with Crippen LogP contribution in [0.25, 0.3) is 28.5 Å². The number of aromatic nitrogens is 4. The van der Waals surface area contributed by atoms with Crippen LogP contribution in [0.15, 0.2) is 36.4 Å². The maximum atomic E-state index is 5.44. The fourth-order valence-corrected chi connectivity index (χ4v) is 3.80. The van der Waals surface area contributed by atoms with E-state index in [-0.39, 0.29) is 0 Å². The van der Waals surface area contributed by atoms with Gasteiger partial charge in [-0.2, -0.15) is 9.61 Å². The molecule has 0 saturated heterocycles. The van der Waals surface area contributed by atoms with E-state index in [2.05, 4.69) is 15.3 Å². The fourth-order valence-electron chi connectivity index (χ4n) is 3.05. The monoisotopic (exact) mass is 424 g/mol. The first-order valence-corrected chi connectivity index (χ1v) is 9.84. The first-order chi connectivity index (χ1) is 14.7. The van der Waals surface area contributed by atoms with Crippen LogP contribution in [0.4, 0.5) is 0 Å². The van der Waals surface area contributed by atoms with E-state index in [4.69, 9.17) is 18.9 Å². The number of nitrogens with zero attached hydrogens (tertiary/aromatic N) is 4. The van der Waals surface area contributed by atoms with Gasteiger partial charge in [-0.15, -0.1) is 10.2 Å². The minimum atomic E-state index is 0.517. The quantitative estimate of drug-likeness (QED) is 0.443.